The average molecular weight is 378 g/mol. The Morgan fingerprint density at radius 3 is 2.52 bits per heavy atom. The van der Waals surface area contributed by atoms with E-state index in [9.17, 15) is 9.59 Å². The molecule has 0 aliphatic heterocycles. The number of halogens is 1. The molecule has 6 heteroatoms. The molecule has 120 valence electrons. The molecule has 2 aromatic carbocycles. The summed E-state index contributed by atoms with van der Waals surface area (Å²) in [5, 5.41) is 0. The van der Waals surface area contributed by atoms with E-state index in [4.69, 9.17) is 9.57 Å². The summed E-state index contributed by atoms with van der Waals surface area (Å²) >= 11 is 3.36. The Morgan fingerprint density at radius 1 is 1.09 bits per heavy atom. The molecule has 23 heavy (non-hydrogen) atoms. The number of amides is 1. The number of rotatable bonds is 5. The zero-order valence-corrected chi connectivity index (χ0v) is 14.1. The minimum atomic E-state index is -0.626. The number of hydrogen-bond acceptors (Lipinski definition) is 4. The maximum absolute atomic E-state index is 12.1. The number of carbonyl (C=O) groups excluding carboxylic acids is 2. The molecule has 5 nitrogen and oxygen atoms in total. The monoisotopic (exact) mass is 377 g/mol. The molecule has 0 unspecified atom stereocenters. The van der Waals surface area contributed by atoms with E-state index in [1.54, 1.807) is 48.5 Å². The van der Waals surface area contributed by atoms with Crippen LogP contribution >= 0.6 is 15.9 Å². The Labute approximate surface area is 142 Å². The molecule has 0 fully saturated rings. The second-order valence-electron chi connectivity index (χ2n) is 4.68. The summed E-state index contributed by atoms with van der Waals surface area (Å²) in [6, 6.07) is 13.3. The van der Waals surface area contributed by atoms with Crippen LogP contribution in [0.15, 0.2) is 53.0 Å². The van der Waals surface area contributed by atoms with Gasteiger partial charge < -0.3 is 9.57 Å². The normalized spacial score (nSPS) is 10.0. The third-order valence-electron chi connectivity index (χ3n) is 2.90. The highest BCUT2D eigenvalue weighted by atomic mass is 79.9. The van der Waals surface area contributed by atoms with Gasteiger partial charge in [-0.1, -0.05) is 25.1 Å². The van der Waals surface area contributed by atoms with E-state index in [0.29, 0.717) is 23.5 Å². The van der Waals surface area contributed by atoms with Gasteiger partial charge in [0.25, 0.3) is 5.91 Å². The summed E-state index contributed by atoms with van der Waals surface area (Å²) in [6.07, 6.45) is 0.859. The predicted molar refractivity (Wildman–Crippen MR) is 89.3 cm³/mol. The summed E-state index contributed by atoms with van der Waals surface area (Å²) in [5.41, 5.74) is 2.83. The second-order valence-corrected chi connectivity index (χ2v) is 5.53. The third kappa shape index (κ3) is 4.82. The molecule has 2 aromatic rings. The van der Waals surface area contributed by atoms with Crippen molar-refractivity contribution in [1.82, 2.24) is 5.48 Å². The highest BCUT2D eigenvalue weighted by Gasteiger charge is 2.13. The minimum absolute atomic E-state index is 0.333. The first-order valence-electron chi connectivity index (χ1n) is 7.10. The number of hydrogen-bond donors (Lipinski definition) is 1. The van der Waals surface area contributed by atoms with Crippen LogP contribution in [-0.4, -0.2) is 18.5 Å². The number of nitrogens with one attached hydrogen (secondary N) is 1. The van der Waals surface area contributed by atoms with Crippen molar-refractivity contribution in [3.8, 4) is 5.75 Å². The molecule has 2 rings (SSSR count). The maximum Gasteiger partial charge on any atom is 0.362 e. The van der Waals surface area contributed by atoms with Gasteiger partial charge in [0.1, 0.15) is 5.75 Å². The largest absolute Gasteiger partial charge is 0.492 e. The number of benzene rings is 2. The van der Waals surface area contributed by atoms with Crippen molar-refractivity contribution in [2.45, 2.75) is 13.3 Å². The van der Waals surface area contributed by atoms with Crippen LogP contribution < -0.4 is 10.2 Å². The predicted octanol–water partition coefficient (Wildman–Crippen LogP) is 3.74. The molecule has 1 N–H and O–H groups in total. The van der Waals surface area contributed by atoms with Gasteiger partial charge in [0.15, 0.2) is 0 Å². The summed E-state index contributed by atoms with van der Waals surface area (Å²) in [6.45, 7) is 2.54. The van der Waals surface area contributed by atoms with Crippen molar-refractivity contribution in [3.05, 3.63) is 64.1 Å². The van der Waals surface area contributed by atoms with Gasteiger partial charge in [-0.25, -0.2) is 4.79 Å². The van der Waals surface area contributed by atoms with E-state index in [2.05, 4.69) is 21.4 Å². The maximum atomic E-state index is 12.1. The lowest BCUT2D eigenvalue weighted by molar-refractivity contribution is 0.0230. The fourth-order valence-corrected chi connectivity index (χ4v) is 2.11. The fourth-order valence-electron chi connectivity index (χ4n) is 1.75. The zero-order valence-electron chi connectivity index (χ0n) is 12.5. The SMILES string of the molecule is CCCOc1cc(C(=O)NOC(=O)c2ccccc2)ccc1Br. The van der Waals surface area contributed by atoms with Gasteiger partial charge in [0.2, 0.25) is 0 Å². The minimum Gasteiger partial charge on any atom is -0.492 e. The van der Waals surface area contributed by atoms with Gasteiger partial charge >= 0.3 is 5.97 Å². The van der Waals surface area contributed by atoms with Crippen LogP contribution in [0.3, 0.4) is 0 Å². The van der Waals surface area contributed by atoms with E-state index in [-0.39, 0.29) is 0 Å². The summed E-state index contributed by atoms with van der Waals surface area (Å²) in [4.78, 5) is 28.6. The van der Waals surface area contributed by atoms with Crippen molar-refractivity contribution < 1.29 is 19.2 Å². The third-order valence-corrected chi connectivity index (χ3v) is 3.56. The fraction of sp³-hybridized carbons (Fsp3) is 0.176. The van der Waals surface area contributed by atoms with E-state index in [0.717, 1.165) is 10.9 Å². The van der Waals surface area contributed by atoms with Crippen molar-refractivity contribution in [2.75, 3.05) is 6.61 Å². The molecule has 0 heterocycles. The smallest absolute Gasteiger partial charge is 0.362 e. The molecule has 0 aromatic heterocycles. The summed E-state index contributed by atoms with van der Waals surface area (Å²) in [7, 11) is 0. The lowest BCUT2D eigenvalue weighted by atomic mass is 10.2. The highest BCUT2D eigenvalue weighted by Crippen LogP contribution is 2.26. The molecule has 0 radical (unpaired) electrons. The van der Waals surface area contributed by atoms with Gasteiger partial charge in [0, 0.05) is 5.56 Å². The first-order valence-corrected chi connectivity index (χ1v) is 7.90. The van der Waals surface area contributed by atoms with Crippen molar-refractivity contribution >= 4 is 27.8 Å². The summed E-state index contributed by atoms with van der Waals surface area (Å²) in [5.74, 6) is -0.587. The topological polar surface area (TPSA) is 64.6 Å². The summed E-state index contributed by atoms with van der Waals surface area (Å²) < 4.78 is 6.29. The molecule has 0 atom stereocenters. The van der Waals surface area contributed by atoms with E-state index < -0.39 is 11.9 Å². The van der Waals surface area contributed by atoms with Crippen LogP contribution in [-0.2, 0) is 4.84 Å². The van der Waals surface area contributed by atoms with E-state index in [1.807, 2.05) is 6.92 Å². The van der Waals surface area contributed by atoms with Crippen LogP contribution in [0.2, 0.25) is 0 Å². The molecule has 1 amide bonds. The highest BCUT2D eigenvalue weighted by molar-refractivity contribution is 9.10. The Balaban J connectivity index is 1.99. The number of hydroxylamine groups is 1. The molecule has 0 spiro atoms. The lowest BCUT2D eigenvalue weighted by Crippen LogP contribution is -2.27. The average Bonchev–Trinajstić information content (AvgIpc) is 2.59. The first-order chi connectivity index (χ1) is 11.1. The molecule has 0 bridgehead atoms. The van der Waals surface area contributed by atoms with Gasteiger partial charge in [-0.15, -0.1) is 0 Å². The van der Waals surface area contributed by atoms with Gasteiger partial charge in [-0.2, -0.15) is 5.48 Å². The molecule has 0 saturated heterocycles. The molecule has 0 saturated carbocycles. The Kier molecular flexibility index (Phi) is 6.17. The Hall–Kier alpha value is -2.34. The van der Waals surface area contributed by atoms with Crippen molar-refractivity contribution in [1.29, 1.82) is 0 Å². The quantitative estimate of drug-likeness (QED) is 0.806. The van der Waals surface area contributed by atoms with Gasteiger partial charge in [0.05, 0.1) is 16.6 Å². The van der Waals surface area contributed by atoms with Crippen LogP contribution in [0.1, 0.15) is 34.1 Å². The van der Waals surface area contributed by atoms with Crippen molar-refractivity contribution in [2.24, 2.45) is 0 Å². The lowest BCUT2D eigenvalue weighted by Gasteiger charge is -2.10. The van der Waals surface area contributed by atoms with E-state index >= 15 is 0 Å². The second kappa shape index (κ2) is 8.33. The molecular weight excluding hydrogens is 362 g/mol. The number of ether oxygens (including phenoxy) is 1. The zero-order chi connectivity index (χ0) is 16.7. The first kappa shape index (κ1) is 17.0. The van der Waals surface area contributed by atoms with Crippen LogP contribution in [0, 0.1) is 0 Å². The Morgan fingerprint density at radius 2 is 1.83 bits per heavy atom. The molecule has 0 aliphatic carbocycles. The molecular formula is C17H16BrNO4. The van der Waals surface area contributed by atoms with Crippen molar-refractivity contribution in [3.63, 3.8) is 0 Å². The van der Waals surface area contributed by atoms with E-state index in [1.165, 1.54) is 0 Å². The van der Waals surface area contributed by atoms with Crippen LogP contribution in [0.5, 0.6) is 5.75 Å². The van der Waals surface area contributed by atoms with Crippen LogP contribution in [0.4, 0.5) is 0 Å². The molecule has 0 aliphatic rings. The Bertz CT molecular complexity index is 688. The van der Waals surface area contributed by atoms with Gasteiger partial charge in [-0.05, 0) is 52.7 Å². The van der Waals surface area contributed by atoms with Gasteiger partial charge in [-0.3, -0.25) is 4.79 Å². The van der Waals surface area contributed by atoms with Crippen LogP contribution in [0.25, 0.3) is 0 Å². The number of carbonyl (C=O) groups is 2. The standard InChI is InChI=1S/C17H16BrNO4/c1-2-10-22-15-11-13(8-9-14(15)18)16(20)19-23-17(21)12-6-4-3-5-7-12/h3-9,11H,2,10H2,1H3,(H,19,20).